The van der Waals surface area contributed by atoms with E-state index in [-0.39, 0.29) is 16.8 Å². The van der Waals surface area contributed by atoms with Crippen LogP contribution in [0.3, 0.4) is 0 Å². The van der Waals surface area contributed by atoms with E-state index in [1.165, 1.54) is 6.07 Å². The number of amides is 1. The second-order valence-electron chi connectivity index (χ2n) is 4.54. The quantitative estimate of drug-likeness (QED) is 0.507. The molecule has 0 aromatic heterocycles. The van der Waals surface area contributed by atoms with Crippen LogP contribution in [-0.4, -0.2) is 22.6 Å². The van der Waals surface area contributed by atoms with Gasteiger partial charge in [-0.15, -0.1) is 0 Å². The zero-order chi connectivity index (χ0) is 13.4. The number of hydrogen-bond donors (Lipinski definition) is 1. The van der Waals surface area contributed by atoms with Crippen molar-refractivity contribution in [3.8, 4) is 0 Å². The number of nitro groups is 1. The van der Waals surface area contributed by atoms with Crippen LogP contribution in [0.4, 0.5) is 11.4 Å². The monoisotopic (exact) mass is 266 g/mol. The molecular formula is C12H14N2O3S. The van der Waals surface area contributed by atoms with Crippen molar-refractivity contribution in [3.05, 3.63) is 33.4 Å². The Morgan fingerprint density at radius 3 is 2.56 bits per heavy atom. The van der Waals surface area contributed by atoms with Gasteiger partial charge >= 0.3 is 0 Å². The van der Waals surface area contributed by atoms with E-state index in [1.54, 1.807) is 24.8 Å². The summed E-state index contributed by atoms with van der Waals surface area (Å²) in [5.41, 5.74) is 2.14. The maximum absolute atomic E-state index is 11.8. The van der Waals surface area contributed by atoms with Gasteiger partial charge in [-0.1, -0.05) is 0 Å². The molecule has 1 unspecified atom stereocenters. The number of benzene rings is 1. The van der Waals surface area contributed by atoms with Gasteiger partial charge in [0.25, 0.3) is 5.69 Å². The smallest absolute Gasteiger partial charge is 0.272 e. The average molecular weight is 266 g/mol. The summed E-state index contributed by atoms with van der Waals surface area (Å²) in [5.74, 6) is 0.0198. The molecule has 5 nitrogen and oxygen atoms in total. The van der Waals surface area contributed by atoms with Crippen molar-refractivity contribution < 1.29 is 9.72 Å². The fourth-order valence-corrected chi connectivity index (χ4v) is 2.51. The molecule has 18 heavy (non-hydrogen) atoms. The van der Waals surface area contributed by atoms with Crippen LogP contribution in [0.15, 0.2) is 12.1 Å². The maximum atomic E-state index is 11.8. The topological polar surface area (TPSA) is 63.5 Å². The van der Waals surface area contributed by atoms with Gasteiger partial charge in [0, 0.05) is 35.5 Å². The zero-order valence-corrected chi connectivity index (χ0v) is 11.1. The van der Waals surface area contributed by atoms with E-state index >= 15 is 0 Å². The lowest BCUT2D eigenvalue weighted by molar-refractivity contribution is -0.385. The Labute approximate surface area is 110 Å². The molecule has 1 heterocycles. The van der Waals surface area contributed by atoms with Gasteiger partial charge in [0.15, 0.2) is 0 Å². The molecule has 6 heteroatoms. The number of anilines is 1. The Balaban J connectivity index is 2.44. The van der Waals surface area contributed by atoms with Crippen LogP contribution in [0, 0.1) is 24.0 Å². The van der Waals surface area contributed by atoms with E-state index in [2.05, 4.69) is 12.6 Å². The Hall–Kier alpha value is -1.56. The fraction of sp³-hybridized carbons (Fsp3) is 0.417. The summed E-state index contributed by atoms with van der Waals surface area (Å²) in [6, 6.07) is 3.22. The first kappa shape index (κ1) is 12.9. The Morgan fingerprint density at radius 2 is 2.06 bits per heavy atom. The standard InChI is InChI=1S/C12H14N2O3S/c1-7-4-11(14(16)17)8(2)3-10(7)13-6-9(18)5-12(13)15/h3-4,9,18H,5-6H2,1-2H3. The number of thiol groups is 1. The van der Waals surface area contributed by atoms with Gasteiger partial charge in [0.1, 0.15) is 0 Å². The van der Waals surface area contributed by atoms with E-state index < -0.39 is 4.92 Å². The minimum Gasteiger partial charge on any atom is -0.311 e. The molecule has 96 valence electrons. The molecular weight excluding hydrogens is 252 g/mol. The van der Waals surface area contributed by atoms with Crippen LogP contribution in [0.25, 0.3) is 0 Å². The predicted molar refractivity (Wildman–Crippen MR) is 72.3 cm³/mol. The predicted octanol–water partition coefficient (Wildman–Crippen LogP) is 2.25. The fourth-order valence-electron chi connectivity index (χ4n) is 2.19. The van der Waals surface area contributed by atoms with E-state index in [4.69, 9.17) is 0 Å². The molecule has 0 aliphatic carbocycles. The first-order valence-corrected chi connectivity index (χ1v) is 6.16. The summed E-state index contributed by atoms with van der Waals surface area (Å²) < 4.78 is 0. The molecule has 1 atom stereocenters. The molecule has 1 aromatic carbocycles. The van der Waals surface area contributed by atoms with Crippen LogP contribution in [-0.2, 0) is 4.79 Å². The lowest BCUT2D eigenvalue weighted by atomic mass is 10.1. The molecule has 0 spiro atoms. The second-order valence-corrected chi connectivity index (χ2v) is 5.27. The van der Waals surface area contributed by atoms with Crippen LogP contribution in [0.1, 0.15) is 17.5 Å². The van der Waals surface area contributed by atoms with E-state index in [9.17, 15) is 14.9 Å². The molecule has 0 bridgehead atoms. The van der Waals surface area contributed by atoms with Crippen molar-refractivity contribution in [2.45, 2.75) is 25.5 Å². The zero-order valence-electron chi connectivity index (χ0n) is 10.2. The van der Waals surface area contributed by atoms with Gasteiger partial charge < -0.3 is 4.90 Å². The third-order valence-corrected chi connectivity index (χ3v) is 3.45. The van der Waals surface area contributed by atoms with Gasteiger partial charge in [0.05, 0.1) is 4.92 Å². The normalized spacial score (nSPS) is 19.4. The van der Waals surface area contributed by atoms with Crippen molar-refractivity contribution in [1.29, 1.82) is 0 Å². The maximum Gasteiger partial charge on any atom is 0.272 e. The van der Waals surface area contributed by atoms with E-state index in [1.807, 2.05) is 0 Å². The van der Waals surface area contributed by atoms with Gasteiger partial charge in [0.2, 0.25) is 5.91 Å². The highest BCUT2D eigenvalue weighted by atomic mass is 32.1. The van der Waals surface area contributed by atoms with Crippen molar-refractivity contribution in [2.75, 3.05) is 11.4 Å². The van der Waals surface area contributed by atoms with E-state index in [0.29, 0.717) is 18.5 Å². The van der Waals surface area contributed by atoms with E-state index in [0.717, 1.165) is 11.3 Å². The highest BCUT2D eigenvalue weighted by molar-refractivity contribution is 7.81. The van der Waals surface area contributed by atoms with Gasteiger partial charge in [-0.05, 0) is 25.5 Å². The number of carbonyl (C=O) groups is 1. The largest absolute Gasteiger partial charge is 0.311 e. The van der Waals surface area contributed by atoms with Gasteiger partial charge in [-0.3, -0.25) is 14.9 Å². The van der Waals surface area contributed by atoms with Gasteiger partial charge in [-0.25, -0.2) is 0 Å². The summed E-state index contributed by atoms with van der Waals surface area (Å²) in [5, 5.41) is 10.9. The minimum atomic E-state index is -0.403. The number of nitro benzene ring substituents is 1. The summed E-state index contributed by atoms with van der Waals surface area (Å²) in [7, 11) is 0. The molecule has 1 fully saturated rings. The number of nitrogens with zero attached hydrogens (tertiary/aromatic N) is 2. The van der Waals surface area contributed by atoms with Crippen LogP contribution in [0.2, 0.25) is 0 Å². The SMILES string of the molecule is Cc1cc([N+](=O)[O-])c(C)cc1N1CC(S)CC1=O. The van der Waals surface area contributed by atoms with Gasteiger partial charge in [-0.2, -0.15) is 12.6 Å². The third kappa shape index (κ3) is 2.20. The molecule has 2 rings (SSSR count). The molecule has 0 N–H and O–H groups in total. The summed E-state index contributed by atoms with van der Waals surface area (Å²) in [6.45, 7) is 4.01. The third-order valence-electron chi connectivity index (χ3n) is 3.11. The van der Waals surface area contributed by atoms with Crippen LogP contribution in [0.5, 0.6) is 0 Å². The lowest BCUT2D eigenvalue weighted by Gasteiger charge is -2.19. The van der Waals surface area contributed by atoms with Crippen LogP contribution >= 0.6 is 12.6 Å². The summed E-state index contributed by atoms with van der Waals surface area (Å²) >= 11 is 4.30. The highest BCUT2D eigenvalue weighted by Crippen LogP contribution is 2.32. The Kier molecular flexibility index (Phi) is 3.30. The molecule has 1 aromatic rings. The highest BCUT2D eigenvalue weighted by Gasteiger charge is 2.30. The molecule has 1 amide bonds. The molecule has 1 aliphatic heterocycles. The Morgan fingerprint density at radius 1 is 1.39 bits per heavy atom. The number of aryl methyl sites for hydroxylation is 2. The van der Waals surface area contributed by atoms with Crippen LogP contribution < -0.4 is 4.90 Å². The average Bonchev–Trinajstić information content (AvgIpc) is 2.60. The number of hydrogen-bond acceptors (Lipinski definition) is 4. The summed E-state index contributed by atoms with van der Waals surface area (Å²) in [6.07, 6.45) is 0.415. The van der Waals surface area contributed by atoms with Crippen molar-refractivity contribution in [2.24, 2.45) is 0 Å². The number of carbonyl (C=O) groups excluding carboxylic acids is 1. The molecule has 0 radical (unpaired) electrons. The molecule has 1 aliphatic rings. The Bertz CT molecular complexity index is 530. The minimum absolute atomic E-state index is 0.0198. The lowest BCUT2D eigenvalue weighted by Crippen LogP contribution is -2.25. The van der Waals surface area contributed by atoms with Crippen molar-refractivity contribution >= 4 is 29.9 Å². The van der Waals surface area contributed by atoms with Crippen molar-refractivity contribution in [1.82, 2.24) is 0 Å². The molecule has 0 saturated carbocycles. The van der Waals surface area contributed by atoms with Crippen molar-refractivity contribution in [3.63, 3.8) is 0 Å². The number of rotatable bonds is 2. The second kappa shape index (κ2) is 4.61. The summed E-state index contributed by atoms with van der Waals surface area (Å²) in [4.78, 5) is 23.9. The first-order chi connectivity index (χ1) is 8.40. The first-order valence-electron chi connectivity index (χ1n) is 5.64. The molecule has 1 saturated heterocycles.